The monoisotopic (exact) mass is 227 g/mol. The van der Waals surface area contributed by atoms with E-state index < -0.39 is 6.10 Å². The van der Waals surface area contributed by atoms with Crippen LogP contribution in [0.2, 0.25) is 0 Å². The molecule has 0 unspecified atom stereocenters. The second-order valence-electron chi connectivity index (χ2n) is 3.72. The van der Waals surface area contributed by atoms with Crippen molar-refractivity contribution in [2.75, 3.05) is 13.2 Å². The van der Waals surface area contributed by atoms with Gasteiger partial charge in [0.15, 0.2) is 17.7 Å². The normalized spacial score (nSPS) is 19.0. The molecule has 0 heterocycles. The van der Waals surface area contributed by atoms with Crippen molar-refractivity contribution < 1.29 is 19.2 Å². The molecule has 0 aromatic carbocycles. The highest BCUT2D eigenvalue weighted by Gasteiger charge is 2.30. The van der Waals surface area contributed by atoms with Crippen LogP contribution in [0.1, 0.15) is 33.1 Å². The fourth-order valence-corrected chi connectivity index (χ4v) is 1.47. The molecule has 0 radical (unpaired) electrons. The molecule has 16 heavy (non-hydrogen) atoms. The highest BCUT2D eigenvalue weighted by Crippen LogP contribution is 2.14. The molecule has 1 fully saturated rings. The van der Waals surface area contributed by atoms with Crippen molar-refractivity contribution in [2.45, 2.75) is 39.2 Å². The van der Waals surface area contributed by atoms with Crippen molar-refractivity contribution in [1.29, 1.82) is 0 Å². The van der Waals surface area contributed by atoms with Gasteiger partial charge in [-0.2, -0.15) is 0 Å². The van der Waals surface area contributed by atoms with Crippen LogP contribution in [-0.4, -0.2) is 36.6 Å². The molecule has 1 aliphatic carbocycles. The molecule has 1 aliphatic rings. The molecule has 0 aromatic rings. The van der Waals surface area contributed by atoms with Gasteiger partial charge in [0.25, 0.3) is 0 Å². The lowest BCUT2D eigenvalue weighted by Crippen LogP contribution is -2.37. The maximum absolute atomic E-state index is 11.4. The molecule has 5 nitrogen and oxygen atoms in total. The maximum Gasteiger partial charge on any atom is 0.174 e. The largest absolute Gasteiger partial charge is 0.396 e. The predicted molar refractivity (Wildman–Crippen MR) is 58.3 cm³/mol. The lowest BCUT2D eigenvalue weighted by Gasteiger charge is -2.19. The van der Waals surface area contributed by atoms with Crippen LogP contribution in [0.25, 0.3) is 0 Å². The predicted octanol–water partition coefficient (Wildman–Crippen LogP) is 1.11. The molecule has 0 N–H and O–H groups in total. The van der Waals surface area contributed by atoms with Gasteiger partial charge in [0.1, 0.15) is 6.61 Å². The summed E-state index contributed by atoms with van der Waals surface area (Å²) < 4.78 is 5.26. The zero-order chi connectivity index (χ0) is 12.0. The van der Waals surface area contributed by atoms with Crippen molar-refractivity contribution in [1.82, 2.24) is 0 Å². The second-order valence-corrected chi connectivity index (χ2v) is 3.72. The van der Waals surface area contributed by atoms with E-state index in [1.807, 2.05) is 6.92 Å². The number of rotatable bonds is 5. The Balaban J connectivity index is 2.41. The number of carbonyl (C=O) groups excluding carboxylic acids is 2. The van der Waals surface area contributed by atoms with Gasteiger partial charge in [0, 0.05) is 12.8 Å². The minimum absolute atomic E-state index is 0.125. The molecular formula is C11H17NO4. The van der Waals surface area contributed by atoms with E-state index in [1.165, 1.54) is 0 Å². The van der Waals surface area contributed by atoms with Crippen LogP contribution < -0.4 is 0 Å². The number of ketones is 2. The van der Waals surface area contributed by atoms with Crippen LogP contribution in [0.15, 0.2) is 5.16 Å². The molecule has 0 bridgehead atoms. The van der Waals surface area contributed by atoms with Crippen molar-refractivity contribution in [3.05, 3.63) is 0 Å². The van der Waals surface area contributed by atoms with Crippen molar-refractivity contribution in [3.63, 3.8) is 0 Å². The Morgan fingerprint density at radius 2 is 2.00 bits per heavy atom. The first kappa shape index (κ1) is 12.8. The fraction of sp³-hybridized carbons (Fsp3) is 0.727. The Labute approximate surface area is 94.8 Å². The zero-order valence-electron chi connectivity index (χ0n) is 9.69. The van der Waals surface area contributed by atoms with Gasteiger partial charge in [-0.1, -0.05) is 5.16 Å². The van der Waals surface area contributed by atoms with Gasteiger partial charge < -0.3 is 9.57 Å². The van der Waals surface area contributed by atoms with E-state index in [4.69, 9.17) is 9.57 Å². The molecular weight excluding hydrogens is 210 g/mol. The minimum Gasteiger partial charge on any atom is -0.396 e. The SMILES string of the molecule is CCO/N=C(\C)COC1C(=O)CCCC1=O. The molecule has 0 saturated heterocycles. The summed E-state index contributed by atoms with van der Waals surface area (Å²) in [4.78, 5) is 27.7. The van der Waals surface area contributed by atoms with Gasteiger partial charge in [0.05, 0.1) is 12.3 Å². The number of oxime groups is 1. The number of hydrogen-bond acceptors (Lipinski definition) is 5. The summed E-state index contributed by atoms with van der Waals surface area (Å²) in [6.45, 7) is 4.19. The molecule has 0 spiro atoms. The summed E-state index contributed by atoms with van der Waals surface area (Å²) in [7, 11) is 0. The van der Waals surface area contributed by atoms with Crippen LogP contribution in [0.4, 0.5) is 0 Å². The number of hydrogen-bond donors (Lipinski definition) is 0. The van der Waals surface area contributed by atoms with Crippen LogP contribution in [0, 0.1) is 0 Å². The Kier molecular flexibility index (Phi) is 5.11. The first-order valence-corrected chi connectivity index (χ1v) is 5.47. The summed E-state index contributed by atoms with van der Waals surface area (Å²) in [6, 6.07) is 0. The van der Waals surface area contributed by atoms with Crippen molar-refractivity contribution in [2.24, 2.45) is 5.16 Å². The third-order valence-corrected chi connectivity index (χ3v) is 2.24. The topological polar surface area (TPSA) is 65.0 Å². The van der Waals surface area contributed by atoms with Gasteiger partial charge >= 0.3 is 0 Å². The lowest BCUT2D eigenvalue weighted by atomic mass is 9.95. The van der Waals surface area contributed by atoms with Crippen LogP contribution in [0.5, 0.6) is 0 Å². The lowest BCUT2D eigenvalue weighted by molar-refractivity contribution is -0.144. The molecule has 1 rings (SSSR count). The first-order chi connectivity index (χ1) is 7.65. The second kappa shape index (κ2) is 6.37. The Morgan fingerprint density at radius 3 is 2.56 bits per heavy atom. The van der Waals surface area contributed by atoms with E-state index in [0.29, 0.717) is 31.6 Å². The first-order valence-electron chi connectivity index (χ1n) is 5.47. The summed E-state index contributed by atoms with van der Waals surface area (Å²) in [6.07, 6.45) is 0.611. The van der Waals surface area contributed by atoms with E-state index in [0.717, 1.165) is 0 Å². The Hall–Kier alpha value is -1.23. The summed E-state index contributed by atoms with van der Waals surface area (Å²) in [5.74, 6) is -0.249. The number of nitrogens with zero attached hydrogens (tertiary/aromatic N) is 1. The van der Waals surface area contributed by atoms with Crippen LogP contribution >= 0.6 is 0 Å². The number of Topliss-reactive ketones (excluding diaryl/α,β-unsaturated/α-hetero) is 2. The molecule has 0 aliphatic heterocycles. The molecule has 0 aromatic heterocycles. The van der Waals surface area contributed by atoms with Gasteiger partial charge in [-0.05, 0) is 20.3 Å². The van der Waals surface area contributed by atoms with Gasteiger partial charge in [-0.15, -0.1) is 0 Å². The zero-order valence-corrected chi connectivity index (χ0v) is 9.69. The van der Waals surface area contributed by atoms with E-state index >= 15 is 0 Å². The number of carbonyl (C=O) groups is 2. The van der Waals surface area contributed by atoms with Gasteiger partial charge in [-0.3, -0.25) is 9.59 Å². The maximum atomic E-state index is 11.4. The average Bonchev–Trinajstić information content (AvgIpc) is 2.25. The minimum atomic E-state index is -0.888. The van der Waals surface area contributed by atoms with Gasteiger partial charge in [0.2, 0.25) is 0 Å². The summed E-state index contributed by atoms with van der Waals surface area (Å²) in [5.41, 5.74) is 0.619. The van der Waals surface area contributed by atoms with Crippen molar-refractivity contribution >= 4 is 17.3 Å². The summed E-state index contributed by atoms with van der Waals surface area (Å²) >= 11 is 0. The quantitative estimate of drug-likeness (QED) is 0.401. The molecule has 5 heteroatoms. The standard InChI is InChI=1S/C11H17NO4/c1-3-16-12-8(2)7-15-11-9(13)5-4-6-10(11)14/h11H,3-7H2,1-2H3/b12-8+. The molecule has 0 atom stereocenters. The third kappa shape index (κ3) is 3.73. The van der Waals surface area contributed by atoms with E-state index in [9.17, 15) is 9.59 Å². The van der Waals surface area contributed by atoms with E-state index in [1.54, 1.807) is 6.92 Å². The van der Waals surface area contributed by atoms with Crippen LogP contribution in [0.3, 0.4) is 0 Å². The van der Waals surface area contributed by atoms with Crippen LogP contribution in [-0.2, 0) is 19.2 Å². The summed E-state index contributed by atoms with van der Waals surface area (Å²) in [5, 5.41) is 3.75. The van der Waals surface area contributed by atoms with E-state index in [2.05, 4.69) is 5.16 Å². The molecule has 1 saturated carbocycles. The Bertz CT molecular complexity index is 282. The molecule has 90 valence electrons. The smallest absolute Gasteiger partial charge is 0.174 e. The molecule has 0 amide bonds. The average molecular weight is 227 g/mol. The highest BCUT2D eigenvalue weighted by molar-refractivity contribution is 6.07. The fourth-order valence-electron chi connectivity index (χ4n) is 1.47. The third-order valence-electron chi connectivity index (χ3n) is 2.24. The number of ether oxygens (including phenoxy) is 1. The van der Waals surface area contributed by atoms with Gasteiger partial charge in [-0.25, -0.2) is 0 Å². The Morgan fingerprint density at radius 1 is 1.38 bits per heavy atom. The van der Waals surface area contributed by atoms with Crippen molar-refractivity contribution in [3.8, 4) is 0 Å². The highest BCUT2D eigenvalue weighted by atomic mass is 16.6. The van der Waals surface area contributed by atoms with E-state index in [-0.39, 0.29) is 18.2 Å².